The number of hydrogen-bond acceptors (Lipinski definition) is 2. The van der Waals surface area contributed by atoms with E-state index in [1.54, 1.807) is 0 Å². The number of amides is 2. The highest BCUT2D eigenvalue weighted by molar-refractivity contribution is 6.04. The number of carbonyl (C=O) groups excluding carboxylic acids is 2. The molecule has 1 saturated carbocycles. The Morgan fingerprint density at radius 1 is 1.29 bits per heavy atom. The molecule has 4 nitrogen and oxygen atoms in total. The lowest BCUT2D eigenvalue weighted by atomic mass is 9.68. The van der Waals surface area contributed by atoms with E-state index in [4.69, 9.17) is 0 Å². The largest absolute Gasteiger partial charge is 0.340 e. The van der Waals surface area contributed by atoms with Gasteiger partial charge in [0.25, 0.3) is 0 Å². The average Bonchev–Trinajstić information content (AvgIpc) is 2.48. The van der Waals surface area contributed by atoms with Gasteiger partial charge in [0.1, 0.15) is 11.1 Å². The van der Waals surface area contributed by atoms with Crippen molar-refractivity contribution >= 4 is 11.8 Å². The molecule has 3 aliphatic heterocycles. The highest BCUT2D eigenvalue weighted by Gasteiger charge is 2.63. The Balaban J connectivity index is 2.10. The number of piperazine rings is 1. The average molecular weight is 194 g/mol. The Labute approximate surface area is 82.4 Å². The van der Waals surface area contributed by atoms with Crippen LogP contribution in [-0.2, 0) is 9.59 Å². The number of fused-ring (bicyclic) bond motifs is 2. The van der Waals surface area contributed by atoms with Crippen LogP contribution in [0.2, 0.25) is 0 Å². The molecule has 4 rings (SSSR count). The molecule has 4 aliphatic rings. The maximum Gasteiger partial charge on any atom is 0.246 e. The van der Waals surface area contributed by atoms with Gasteiger partial charge in [-0.2, -0.15) is 0 Å². The van der Waals surface area contributed by atoms with E-state index in [2.05, 4.69) is 10.6 Å². The monoisotopic (exact) mass is 194 g/mol. The lowest BCUT2D eigenvalue weighted by Gasteiger charge is -2.52. The fourth-order valence-corrected chi connectivity index (χ4v) is 3.27. The third-order valence-corrected chi connectivity index (χ3v) is 4.11. The fraction of sp³-hybridized carbons (Fsp3) is 0.800. The van der Waals surface area contributed by atoms with E-state index < -0.39 is 11.1 Å². The van der Waals surface area contributed by atoms with E-state index in [1.807, 2.05) is 6.92 Å². The first kappa shape index (κ1) is 8.26. The van der Waals surface area contributed by atoms with Gasteiger partial charge < -0.3 is 10.6 Å². The van der Waals surface area contributed by atoms with Crippen LogP contribution in [0, 0.1) is 5.92 Å². The summed E-state index contributed by atoms with van der Waals surface area (Å²) in [5.74, 6) is 0.391. The van der Waals surface area contributed by atoms with Crippen molar-refractivity contribution in [1.82, 2.24) is 10.6 Å². The minimum atomic E-state index is -0.645. The molecule has 76 valence electrons. The van der Waals surface area contributed by atoms with Gasteiger partial charge >= 0.3 is 0 Å². The summed E-state index contributed by atoms with van der Waals surface area (Å²) in [6, 6.07) is 0. The molecule has 0 unspecified atom stereocenters. The Kier molecular flexibility index (Phi) is 1.25. The summed E-state index contributed by atoms with van der Waals surface area (Å²) in [6.45, 7) is 1.82. The van der Waals surface area contributed by atoms with Crippen molar-refractivity contribution < 1.29 is 9.59 Å². The van der Waals surface area contributed by atoms with Crippen molar-refractivity contribution in [3.05, 3.63) is 0 Å². The zero-order valence-corrected chi connectivity index (χ0v) is 8.22. The van der Waals surface area contributed by atoms with Crippen LogP contribution in [0.5, 0.6) is 0 Å². The number of rotatable bonds is 0. The number of hydrogen-bond donors (Lipinski definition) is 2. The van der Waals surface area contributed by atoms with Gasteiger partial charge in [-0.3, -0.25) is 9.59 Å². The molecule has 0 radical (unpaired) electrons. The molecule has 2 N–H and O–H groups in total. The van der Waals surface area contributed by atoms with Crippen LogP contribution in [0.15, 0.2) is 0 Å². The van der Waals surface area contributed by atoms with E-state index in [0.717, 1.165) is 25.7 Å². The zero-order valence-electron chi connectivity index (χ0n) is 8.22. The van der Waals surface area contributed by atoms with Crippen molar-refractivity contribution in [3.63, 3.8) is 0 Å². The summed E-state index contributed by atoms with van der Waals surface area (Å²) in [5, 5.41) is 5.78. The lowest BCUT2D eigenvalue weighted by molar-refractivity contribution is -0.155. The van der Waals surface area contributed by atoms with Crippen LogP contribution >= 0.6 is 0 Å². The minimum Gasteiger partial charge on any atom is -0.340 e. The molecular weight excluding hydrogens is 180 g/mol. The Morgan fingerprint density at radius 2 is 2.07 bits per heavy atom. The third-order valence-electron chi connectivity index (χ3n) is 4.11. The molecule has 1 spiro atoms. The molecule has 0 aromatic carbocycles. The van der Waals surface area contributed by atoms with E-state index >= 15 is 0 Å². The third kappa shape index (κ3) is 0.713. The standard InChI is InChI=1S/C10H14N2O2/c1-9-5-6-3-2-4-10(6,8(14)11-9)12-7(9)13/h6H,2-5H2,1H3,(H,11,14)(H,12,13)/t6-,9-,10-/m0/s1. The second kappa shape index (κ2) is 2.12. The van der Waals surface area contributed by atoms with Gasteiger partial charge in [-0.15, -0.1) is 0 Å². The summed E-state index contributed by atoms with van der Waals surface area (Å²) in [7, 11) is 0. The number of nitrogens with one attached hydrogen (secondary N) is 2. The number of carbonyl (C=O) groups is 2. The van der Waals surface area contributed by atoms with Crippen LogP contribution < -0.4 is 10.6 Å². The first-order valence-corrected chi connectivity index (χ1v) is 5.22. The highest BCUT2D eigenvalue weighted by Crippen LogP contribution is 2.47. The Bertz CT molecular complexity index is 341. The molecule has 0 aromatic heterocycles. The van der Waals surface area contributed by atoms with Crippen LogP contribution in [0.1, 0.15) is 32.6 Å². The van der Waals surface area contributed by atoms with Crippen LogP contribution in [0.25, 0.3) is 0 Å². The minimum absolute atomic E-state index is 0.00440. The topological polar surface area (TPSA) is 58.2 Å². The SMILES string of the molecule is C[C@]12C[C@@H]3CCC[C@@]3(NC1=O)C(=O)N2. The van der Waals surface area contributed by atoms with Gasteiger partial charge in [-0.25, -0.2) is 0 Å². The lowest BCUT2D eigenvalue weighted by Crippen LogP contribution is -2.80. The molecule has 14 heavy (non-hydrogen) atoms. The Hall–Kier alpha value is -1.06. The van der Waals surface area contributed by atoms with E-state index in [-0.39, 0.29) is 11.8 Å². The zero-order chi connectivity index (χ0) is 9.97. The molecule has 0 aromatic rings. The highest BCUT2D eigenvalue weighted by atomic mass is 16.2. The second-order valence-electron chi connectivity index (χ2n) is 5.00. The van der Waals surface area contributed by atoms with Gasteiger partial charge in [0.15, 0.2) is 0 Å². The smallest absolute Gasteiger partial charge is 0.246 e. The normalized spacial score (nSPS) is 49.9. The van der Waals surface area contributed by atoms with Gasteiger partial charge in [-0.1, -0.05) is 6.42 Å². The van der Waals surface area contributed by atoms with Crippen molar-refractivity contribution in [2.24, 2.45) is 5.92 Å². The molecule has 4 heteroatoms. The van der Waals surface area contributed by atoms with Crippen LogP contribution in [-0.4, -0.2) is 22.9 Å². The first-order chi connectivity index (χ1) is 6.57. The van der Waals surface area contributed by atoms with Gasteiger partial charge in [0, 0.05) is 0 Å². The molecule has 2 amide bonds. The predicted octanol–water partition coefficient (Wildman–Crippen LogP) is -0.0663. The Morgan fingerprint density at radius 3 is 2.86 bits per heavy atom. The summed E-state index contributed by atoms with van der Waals surface area (Å²) in [6.07, 6.45) is 3.74. The van der Waals surface area contributed by atoms with E-state index in [9.17, 15) is 9.59 Å². The first-order valence-electron chi connectivity index (χ1n) is 5.22. The second-order valence-corrected chi connectivity index (χ2v) is 5.00. The van der Waals surface area contributed by atoms with Crippen molar-refractivity contribution in [2.75, 3.05) is 0 Å². The number of piperidine rings is 2. The fourth-order valence-electron chi connectivity index (χ4n) is 3.27. The van der Waals surface area contributed by atoms with Gasteiger partial charge in [-0.05, 0) is 32.1 Å². The molecule has 4 fully saturated rings. The summed E-state index contributed by atoms with van der Waals surface area (Å²) >= 11 is 0. The quantitative estimate of drug-likeness (QED) is 0.567. The van der Waals surface area contributed by atoms with Gasteiger partial charge in [0.05, 0.1) is 0 Å². The van der Waals surface area contributed by atoms with Gasteiger partial charge in [0.2, 0.25) is 11.8 Å². The predicted molar refractivity (Wildman–Crippen MR) is 49.4 cm³/mol. The molecule has 1 aliphatic carbocycles. The van der Waals surface area contributed by atoms with Crippen molar-refractivity contribution in [1.29, 1.82) is 0 Å². The van der Waals surface area contributed by atoms with Crippen LogP contribution in [0.4, 0.5) is 0 Å². The molecule has 3 heterocycles. The van der Waals surface area contributed by atoms with E-state index in [1.165, 1.54) is 0 Å². The molecular formula is C10H14N2O2. The molecule has 2 bridgehead atoms. The van der Waals surface area contributed by atoms with Crippen LogP contribution in [0.3, 0.4) is 0 Å². The summed E-state index contributed by atoms with van der Waals surface area (Å²) < 4.78 is 0. The van der Waals surface area contributed by atoms with Crippen molar-refractivity contribution in [2.45, 2.75) is 43.7 Å². The summed E-state index contributed by atoms with van der Waals surface area (Å²) in [4.78, 5) is 23.6. The maximum atomic E-state index is 11.9. The summed E-state index contributed by atoms with van der Waals surface area (Å²) in [5.41, 5.74) is -1.19. The maximum absolute atomic E-state index is 11.9. The van der Waals surface area contributed by atoms with Crippen molar-refractivity contribution in [3.8, 4) is 0 Å². The molecule has 3 atom stereocenters. The van der Waals surface area contributed by atoms with E-state index in [0.29, 0.717) is 5.92 Å². The molecule has 3 saturated heterocycles.